The number of hydrogen-bond donors (Lipinski definition) is 2. The molecule has 4 unspecified atom stereocenters. The van der Waals surface area contributed by atoms with Crippen LogP contribution in [0.5, 0.6) is 0 Å². The van der Waals surface area contributed by atoms with E-state index in [-0.39, 0.29) is 27.8 Å². The summed E-state index contributed by atoms with van der Waals surface area (Å²) >= 11 is 0. The van der Waals surface area contributed by atoms with Crippen LogP contribution in [0, 0.1) is 0 Å². The molecule has 0 fully saturated rings. The minimum absolute atomic E-state index is 0.0196. The van der Waals surface area contributed by atoms with Crippen LogP contribution in [0.25, 0.3) is 0 Å². The van der Waals surface area contributed by atoms with Gasteiger partial charge in [-0.3, -0.25) is 0 Å². The van der Waals surface area contributed by atoms with Crippen LogP contribution in [0.1, 0.15) is 58.2 Å². The van der Waals surface area contributed by atoms with Crippen molar-refractivity contribution in [2.45, 2.75) is 30.5 Å². The van der Waals surface area contributed by atoms with Gasteiger partial charge in [0.1, 0.15) is 18.8 Å². The smallest absolute Gasteiger partial charge is 0.340 e. The Balaban J connectivity index is 1.48. The molecule has 12 nitrogen and oxygen atoms in total. The van der Waals surface area contributed by atoms with Crippen LogP contribution in [-0.2, 0) is 23.7 Å². The summed E-state index contributed by atoms with van der Waals surface area (Å²) in [6.07, 6.45) is -6.54. The zero-order chi connectivity index (χ0) is 38.3. The van der Waals surface area contributed by atoms with Crippen molar-refractivity contribution in [1.82, 2.24) is 0 Å². The van der Waals surface area contributed by atoms with Gasteiger partial charge in [-0.2, -0.15) is 0 Å². The Morgan fingerprint density at radius 3 is 1.20 bits per heavy atom. The summed E-state index contributed by atoms with van der Waals surface area (Å²) < 4.78 is 27.7. The Kier molecular flexibility index (Phi) is 13.4. The van der Waals surface area contributed by atoms with E-state index in [1.54, 1.807) is 91.0 Å². The standard InChI is InChI=1S/C42H36O12/c43-36(35(53-40(47)32-22-12-4-13-23-32)27-50-37(44)29-16-6-1-7-17-29)34(52-39(46)31-20-10-3-11-21-31)26-42(49,54-41(48)33-24-14-5-15-25-33)28-51-38(45)30-18-8-2-9-19-30/h1-25,34-36,43,49H,26-28H2. The van der Waals surface area contributed by atoms with Gasteiger partial charge < -0.3 is 33.9 Å². The third-order valence-corrected chi connectivity index (χ3v) is 7.94. The first kappa shape index (κ1) is 38.6. The first-order valence-electron chi connectivity index (χ1n) is 16.8. The lowest BCUT2D eigenvalue weighted by molar-refractivity contribution is -0.216. The molecule has 2 N–H and O–H groups in total. The molecule has 0 amide bonds. The van der Waals surface area contributed by atoms with Crippen LogP contribution in [0.3, 0.4) is 0 Å². The molecule has 4 atom stereocenters. The van der Waals surface area contributed by atoms with Gasteiger partial charge in [0.25, 0.3) is 0 Å². The second-order valence-electron chi connectivity index (χ2n) is 11.9. The predicted molar refractivity (Wildman–Crippen MR) is 192 cm³/mol. The molecule has 54 heavy (non-hydrogen) atoms. The average Bonchev–Trinajstić information content (AvgIpc) is 3.22. The number of ether oxygens (including phenoxy) is 5. The van der Waals surface area contributed by atoms with Crippen LogP contribution in [0.4, 0.5) is 0 Å². The summed E-state index contributed by atoms with van der Waals surface area (Å²) in [7, 11) is 0. The van der Waals surface area contributed by atoms with Crippen molar-refractivity contribution in [3.05, 3.63) is 179 Å². The molecule has 0 aliphatic heterocycles. The summed E-state index contributed by atoms with van der Waals surface area (Å²) in [5.74, 6) is -7.40. The molecule has 12 heteroatoms. The molecule has 0 saturated heterocycles. The molecule has 0 aliphatic carbocycles. The first-order chi connectivity index (χ1) is 26.1. The molecule has 0 aromatic heterocycles. The highest BCUT2D eigenvalue weighted by atomic mass is 16.7. The molecule has 0 radical (unpaired) electrons. The lowest BCUT2D eigenvalue weighted by atomic mass is 9.99. The van der Waals surface area contributed by atoms with E-state index in [9.17, 15) is 34.2 Å². The lowest BCUT2D eigenvalue weighted by Crippen LogP contribution is -2.51. The van der Waals surface area contributed by atoms with E-state index in [1.165, 1.54) is 60.7 Å². The second kappa shape index (κ2) is 18.7. The minimum Gasteiger partial charge on any atom is -0.458 e. The monoisotopic (exact) mass is 732 g/mol. The molecule has 0 spiro atoms. The van der Waals surface area contributed by atoms with Crippen molar-refractivity contribution >= 4 is 29.8 Å². The predicted octanol–water partition coefficient (Wildman–Crippen LogP) is 5.45. The summed E-state index contributed by atoms with van der Waals surface area (Å²) in [6, 6.07) is 38.7. The molecule has 0 heterocycles. The number of hydrogen-bond acceptors (Lipinski definition) is 12. The summed E-state index contributed by atoms with van der Waals surface area (Å²) in [5.41, 5.74) is 0.432. The molecule has 0 aliphatic rings. The number of benzene rings is 5. The van der Waals surface area contributed by atoms with Crippen molar-refractivity contribution in [2.75, 3.05) is 13.2 Å². The largest absolute Gasteiger partial charge is 0.458 e. The van der Waals surface area contributed by atoms with Crippen LogP contribution < -0.4 is 0 Å². The van der Waals surface area contributed by atoms with Gasteiger partial charge in [0.2, 0.25) is 5.79 Å². The van der Waals surface area contributed by atoms with Gasteiger partial charge in [0.15, 0.2) is 12.7 Å². The second-order valence-corrected chi connectivity index (χ2v) is 11.9. The molecule has 0 bridgehead atoms. The van der Waals surface area contributed by atoms with Crippen molar-refractivity contribution in [1.29, 1.82) is 0 Å². The van der Waals surface area contributed by atoms with Crippen LogP contribution in [0.15, 0.2) is 152 Å². The van der Waals surface area contributed by atoms with E-state index in [2.05, 4.69) is 0 Å². The average molecular weight is 733 g/mol. The molecule has 276 valence electrons. The van der Waals surface area contributed by atoms with Crippen molar-refractivity contribution in [2.24, 2.45) is 0 Å². The van der Waals surface area contributed by atoms with E-state index in [0.29, 0.717) is 0 Å². The van der Waals surface area contributed by atoms with Crippen molar-refractivity contribution < 1.29 is 57.9 Å². The Labute approximate surface area is 310 Å². The zero-order valence-electron chi connectivity index (χ0n) is 28.8. The minimum atomic E-state index is -2.76. The molecular formula is C42H36O12. The van der Waals surface area contributed by atoms with E-state index in [4.69, 9.17) is 23.7 Å². The van der Waals surface area contributed by atoms with Gasteiger partial charge in [0, 0.05) is 0 Å². The highest BCUT2D eigenvalue weighted by molar-refractivity contribution is 5.92. The molecule has 0 saturated carbocycles. The van der Waals surface area contributed by atoms with Crippen LogP contribution >= 0.6 is 0 Å². The van der Waals surface area contributed by atoms with Gasteiger partial charge in [-0.15, -0.1) is 0 Å². The van der Waals surface area contributed by atoms with Gasteiger partial charge in [-0.05, 0) is 60.7 Å². The van der Waals surface area contributed by atoms with E-state index in [0.717, 1.165) is 0 Å². The summed E-state index contributed by atoms with van der Waals surface area (Å²) in [5, 5.41) is 23.8. The van der Waals surface area contributed by atoms with Gasteiger partial charge >= 0.3 is 29.8 Å². The lowest BCUT2D eigenvalue weighted by Gasteiger charge is -2.34. The Hall–Kier alpha value is -6.63. The number of esters is 5. The number of carbonyl (C=O) groups excluding carboxylic acids is 5. The molecule has 5 rings (SSSR count). The molecular weight excluding hydrogens is 696 g/mol. The van der Waals surface area contributed by atoms with Crippen LogP contribution in [0.2, 0.25) is 0 Å². The van der Waals surface area contributed by atoms with Gasteiger partial charge in [0.05, 0.1) is 34.2 Å². The van der Waals surface area contributed by atoms with E-state index >= 15 is 0 Å². The fraction of sp³-hybridized carbons (Fsp3) is 0.167. The number of aliphatic hydroxyl groups is 2. The summed E-state index contributed by atoms with van der Waals surface area (Å²) in [6.45, 7) is -1.72. The van der Waals surface area contributed by atoms with Crippen LogP contribution in [-0.4, -0.2) is 77.4 Å². The third kappa shape index (κ3) is 10.9. The first-order valence-corrected chi connectivity index (χ1v) is 16.8. The van der Waals surface area contributed by atoms with Crippen molar-refractivity contribution in [3.8, 4) is 0 Å². The Morgan fingerprint density at radius 2 is 0.796 bits per heavy atom. The maximum Gasteiger partial charge on any atom is 0.340 e. The highest BCUT2D eigenvalue weighted by Crippen LogP contribution is 2.26. The quantitative estimate of drug-likeness (QED) is 0.0748. The molecule has 5 aromatic carbocycles. The number of carbonyl (C=O) groups is 5. The number of aliphatic hydroxyl groups excluding tert-OH is 1. The van der Waals surface area contributed by atoms with Crippen molar-refractivity contribution in [3.63, 3.8) is 0 Å². The Morgan fingerprint density at radius 1 is 0.463 bits per heavy atom. The molecule has 5 aromatic rings. The topological polar surface area (TPSA) is 172 Å². The fourth-order valence-electron chi connectivity index (χ4n) is 5.13. The number of rotatable bonds is 16. The van der Waals surface area contributed by atoms with E-state index < -0.39 is 73.6 Å². The highest BCUT2D eigenvalue weighted by Gasteiger charge is 2.44. The summed E-state index contributed by atoms with van der Waals surface area (Å²) in [4.78, 5) is 65.9. The normalized spacial score (nSPS) is 13.5. The van der Waals surface area contributed by atoms with Gasteiger partial charge in [-0.25, -0.2) is 24.0 Å². The maximum absolute atomic E-state index is 13.5. The maximum atomic E-state index is 13.5. The Bertz CT molecular complexity index is 1990. The fourth-order valence-corrected chi connectivity index (χ4v) is 5.13. The third-order valence-electron chi connectivity index (χ3n) is 7.94. The zero-order valence-corrected chi connectivity index (χ0v) is 28.8. The van der Waals surface area contributed by atoms with Gasteiger partial charge in [-0.1, -0.05) is 91.0 Å². The van der Waals surface area contributed by atoms with E-state index in [1.807, 2.05) is 0 Å². The SMILES string of the molecule is O=C(OCC(OC(=O)c1ccccc1)C(O)C(CC(O)(COC(=O)c1ccccc1)OC(=O)c1ccccc1)OC(=O)c1ccccc1)c1ccccc1.